The van der Waals surface area contributed by atoms with Crippen LogP contribution in [0.5, 0.6) is 5.88 Å². The molecule has 3 aromatic rings. The van der Waals surface area contributed by atoms with Crippen LogP contribution in [0.3, 0.4) is 0 Å². The van der Waals surface area contributed by atoms with Gasteiger partial charge in [-0.05, 0) is 38.1 Å². The van der Waals surface area contributed by atoms with Crippen LogP contribution in [0.4, 0.5) is 11.4 Å². The van der Waals surface area contributed by atoms with Crippen LogP contribution in [0.1, 0.15) is 17.5 Å². The number of aliphatic imine (C=N–C) groups is 1. The third-order valence-electron chi connectivity index (χ3n) is 4.58. The summed E-state index contributed by atoms with van der Waals surface area (Å²) in [5.41, 5.74) is 3.79. The lowest BCUT2D eigenvalue weighted by Crippen LogP contribution is -2.21. The summed E-state index contributed by atoms with van der Waals surface area (Å²) in [5.74, 6) is -0.807. The molecule has 1 aromatic heterocycles. The molecule has 152 valence electrons. The fourth-order valence-corrected chi connectivity index (χ4v) is 3.91. The average molecular weight is 421 g/mol. The number of H-pyrrole nitrogens is 1. The maximum absolute atomic E-state index is 12.3. The number of carbonyl (C=O) groups excluding carboxylic acids is 2. The van der Waals surface area contributed by atoms with Crippen LogP contribution in [-0.2, 0) is 9.59 Å². The van der Waals surface area contributed by atoms with Gasteiger partial charge in [0.15, 0.2) is 5.69 Å². The fraction of sp³-hybridized carbons (Fsp3) is 0.190. The fourth-order valence-electron chi connectivity index (χ4n) is 3.03. The van der Waals surface area contributed by atoms with Crippen molar-refractivity contribution in [2.75, 3.05) is 5.32 Å². The van der Waals surface area contributed by atoms with Gasteiger partial charge in [-0.15, -0.1) is 10.2 Å². The number of benzene rings is 2. The van der Waals surface area contributed by atoms with E-state index in [1.54, 1.807) is 0 Å². The highest BCUT2D eigenvalue weighted by Crippen LogP contribution is 2.36. The van der Waals surface area contributed by atoms with E-state index in [0.717, 1.165) is 33.8 Å². The lowest BCUT2D eigenvalue weighted by Gasteiger charge is -2.08. The molecule has 0 fully saturated rings. The maximum Gasteiger partial charge on any atom is 0.262 e. The summed E-state index contributed by atoms with van der Waals surface area (Å²) >= 11 is 1.08. The molecule has 0 spiro atoms. The molecule has 8 nitrogen and oxygen atoms in total. The monoisotopic (exact) mass is 421 g/mol. The van der Waals surface area contributed by atoms with E-state index < -0.39 is 11.2 Å². The number of aryl methyl sites for hydroxylation is 2. The number of aromatic amines is 1. The zero-order valence-corrected chi connectivity index (χ0v) is 17.2. The van der Waals surface area contributed by atoms with E-state index in [4.69, 9.17) is 0 Å². The summed E-state index contributed by atoms with van der Waals surface area (Å²) in [6, 6.07) is 13.1. The van der Waals surface area contributed by atoms with E-state index in [0.29, 0.717) is 5.69 Å². The average Bonchev–Trinajstić information content (AvgIpc) is 3.20. The van der Waals surface area contributed by atoms with E-state index in [1.807, 2.05) is 56.3 Å². The second-order valence-corrected chi connectivity index (χ2v) is 8.20. The van der Waals surface area contributed by atoms with Crippen LogP contribution < -0.4 is 5.32 Å². The first-order chi connectivity index (χ1) is 14.4. The van der Waals surface area contributed by atoms with Crippen LogP contribution in [0, 0.1) is 13.8 Å². The molecular formula is C21H19N5O3S. The summed E-state index contributed by atoms with van der Waals surface area (Å²) < 4.78 is 0. The normalized spacial score (nSPS) is 16.4. The van der Waals surface area contributed by atoms with Crippen LogP contribution in [-0.4, -0.2) is 32.3 Å². The summed E-state index contributed by atoms with van der Waals surface area (Å²) in [6.45, 7) is 3.90. The molecular weight excluding hydrogens is 402 g/mol. The number of amides is 2. The first-order valence-corrected chi connectivity index (χ1v) is 10.2. The number of nitrogens with one attached hydrogen (secondary N) is 2. The number of fused-ring (bicyclic) bond motifs is 1. The highest BCUT2D eigenvalue weighted by Gasteiger charge is 2.31. The van der Waals surface area contributed by atoms with Crippen molar-refractivity contribution in [3.05, 3.63) is 53.6 Å². The summed E-state index contributed by atoms with van der Waals surface area (Å²) in [4.78, 5) is 31.1. The van der Waals surface area contributed by atoms with Gasteiger partial charge >= 0.3 is 0 Å². The minimum atomic E-state index is -0.650. The van der Waals surface area contributed by atoms with Gasteiger partial charge in [0.2, 0.25) is 17.0 Å². The molecule has 1 atom stereocenters. The Balaban J connectivity index is 1.42. The van der Waals surface area contributed by atoms with E-state index in [2.05, 4.69) is 25.5 Å². The Labute approximate surface area is 176 Å². The van der Waals surface area contributed by atoms with Gasteiger partial charge in [0, 0.05) is 17.5 Å². The van der Waals surface area contributed by atoms with Crippen LogP contribution >= 0.6 is 11.8 Å². The molecule has 0 aliphatic carbocycles. The molecule has 0 saturated carbocycles. The van der Waals surface area contributed by atoms with Crippen molar-refractivity contribution in [1.29, 1.82) is 0 Å². The molecule has 2 aromatic carbocycles. The second kappa shape index (κ2) is 8.11. The number of aromatic hydroxyl groups is 1. The Morgan fingerprint density at radius 2 is 1.90 bits per heavy atom. The van der Waals surface area contributed by atoms with Gasteiger partial charge in [-0.1, -0.05) is 41.1 Å². The largest absolute Gasteiger partial charge is 0.493 e. The van der Waals surface area contributed by atoms with E-state index in [-0.39, 0.29) is 29.1 Å². The third-order valence-corrected chi connectivity index (χ3v) is 5.61. The highest BCUT2D eigenvalue weighted by molar-refractivity contribution is 8.15. The SMILES string of the molecule is Cc1ccc(NC(=O)C[C@H]2SC(N=Nc3c(O)[nH]c4ccc(C)cc34)=NC2=O)cc1. The van der Waals surface area contributed by atoms with Crippen molar-refractivity contribution < 1.29 is 14.7 Å². The Hall–Kier alpha value is -3.46. The number of nitrogens with zero attached hydrogens (tertiary/aromatic N) is 3. The van der Waals surface area contributed by atoms with Gasteiger partial charge in [-0.25, -0.2) is 0 Å². The lowest BCUT2D eigenvalue weighted by atomic mass is 10.2. The number of hydrogen-bond acceptors (Lipinski definition) is 6. The lowest BCUT2D eigenvalue weighted by molar-refractivity contribution is -0.121. The second-order valence-electron chi connectivity index (χ2n) is 7.03. The van der Waals surface area contributed by atoms with Gasteiger partial charge in [0.1, 0.15) is 5.25 Å². The molecule has 2 heterocycles. The molecule has 0 radical (unpaired) electrons. The number of rotatable bonds is 4. The predicted octanol–water partition coefficient (Wildman–Crippen LogP) is 4.60. The zero-order valence-electron chi connectivity index (χ0n) is 16.3. The number of carbonyl (C=O) groups is 2. The van der Waals surface area contributed by atoms with Crippen molar-refractivity contribution in [2.45, 2.75) is 25.5 Å². The summed E-state index contributed by atoms with van der Waals surface area (Å²) in [6.07, 6.45) is -0.0164. The van der Waals surface area contributed by atoms with Crippen molar-refractivity contribution in [3.63, 3.8) is 0 Å². The van der Waals surface area contributed by atoms with Gasteiger partial charge in [0.25, 0.3) is 5.91 Å². The molecule has 0 saturated heterocycles. The first-order valence-electron chi connectivity index (χ1n) is 9.28. The van der Waals surface area contributed by atoms with E-state index in [1.165, 1.54) is 0 Å². The zero-order chi connectivity index (χ0) is 21.3. The molecule has 3 N–H and O–H groups in total. The number of hydrogen-bond donors (Lipinski definition) is 3. The van der Waals surface area contributed by atoms with Crippen molar-refractivity contribution in [2.24, 2.45) is 15.2 Å². The maximum atomic E-state index is 12.3. The molecule has 9 heteroatoms. The number of anilines is 1. The van der Waals surface area contributed by atoms with E-state index >= 15 is 0 Å². The number of aromatic nitrogens is 1. The minimum Gasteiger partial charge on any atom is -0.493 e. The Morgan fingerprint density at radius 3 is 2.67 bits per heavy atom. The van der Waals surface area contributed by atoms with Gasteiger partial charge < -0.3 is 15.4 Å². The topological polar surface area (TPSA) is 119 Å². The smallest absolute Gasteiger partial charge is 0.262 e. The molecule has 1 aliphatic rings. The number of azo groups is 1. The Morgan fingerprint density at radius 1 is 1.17 bits per heavy atom. The Kier molecular flexibility index (Phi) is 5.37. The minimum absolute atomic E-state index is 0.0164. The standard InChI is InChI=1S/C21H19N5O3S/c1-11-3-6-13(7-4-11)22-17(27)10-16-19(28)24-21(30-16)26-25-18-14-9-12(2)5-8-15(14)23-20(18)29/h3-9,16,23,29H,10H2,1-2H3,(H,22,27)/t16-/m1/s1. The quantitative estimate of drug-likeness (QED) is 0.533. The molecule has 1 aliphatic heterocycles. The van der Waals surface area contributed by atoms with Crippen LogP contribution in [0.25, 0.3) is 10.9 Å². The van der Waals surface area contributed by atoms with Gasteiger partial charge in [-0.2, -0.15) is 4.99 Å². The highest BCUT2D eigenvalue weighted by atomic mass is 32.2. The van der Waals surface area contributed by atoms with Crippen LogP contribution in [0.2, 0.25) is 0 Å². The van der Waals surface area contributed by atoms with Gasteiger partial charge in [-0.3, -0.25) is 9.59 Å². The molecule has 0 unspecified atom stereocenters. The van der Waals surface area contributed by atoms with Gasteiger partial charge in [0.05, 0.1) is 5.52 Å². The summed E-state index contributed by atoms with van der Waals surface area (Å²) in [7, 11) is 0. The number of amidine groups is 1. The van der Waals surface area contributed by atoms with E-state index in [9.17, 15) is 14.7 Å². The number of thioether (sulfide) groups is 1. The van der Waals surface area contributed by atoms with Crippen molar-refractivity contribution in [3.8, 4) is 5.88 Å². The molecule has 4 rings (SSSR count). The molecule has 30 heavy (non-hydrogen) atoms. The predicted molar refractivity (Wildman–Crippen MR) is 117 cm³/mol. The molecule has 2 amide bonds. The van der Waals surface area contributed by atoms with Crippen LogP contribution in [0.15, 0.2) is 57.7 Å². The first kappa shape index (κ1) is 19.8. The summed E-state index contributed by atoms with van der Waals surface area (Å²) in [5, 5.41) is 21.2. The van der Waals surface area contributed by atoms with Crippen molar-refractivity contribution >= 4 is 51.0 Å². The third kappa shape index (κ3) is 4.25. The Bertz CT molecular complexity index is 1200. The van der Waals surface area contributed by atoms with Crippen molar-refractivity contribution in [1.82, 2.24) is 4.98 Å². The molecule has 0 bridgehead atoms.